The molecule has 42 heavy (non-hydrogen) atoms. The molecule has 0 heterocycles. The smallest absolute Gasteiger partial charge is 0.311 e. The SMILES string of the molecule is CC(C)OC(=O)C(C)C(CC(C)C(=O)OCCCCCCC(=O)Oc1ccc(-c2ccccc2)cc1)C(=O)OC(C)C. The van der Waals surface area contributed by atoms with Crippen LogP contribution in [-0.4, -0.2) is 42.7 Å². The van der Waals surface area contributed by atoms with Crippen LogP contribution in [0.3, 0.4) is 0 Å². The van der Waals surface area contributed by atoms with E-state index in [0.29, 0.717) is 25.0 Å². The second-order valence-electron chi connectivity index (χ2n) is 11.2. The first-order chi connectivity index (χ1) is 20.0. The number of hydrogen-bond donors (Lipinski definition) is 0. The molecule has 0 saturated carbocycles. The van der Waals surface area contributed by atoms with Crippen molar-refractivity contribution >= 4 is 23.9 Å². The highest BCUT2D eigenvalue weighted by molar-refractivity contribution is 5.83. The molecule has 0 saturated heterocycles. The average molecular weight is 583 g/mol. The standard InChI is InChI=1S/C34H46O8/c1-23(2)40-33(37)26(6)30(34(38)41-24(3)4)22-25(5)32(36)39-21-13-8-7-12-16-31(35)42-29-19-17-28(18-20-29)27-14-10-9-11-15-27/h9-11,14-15,17-20,23-26,30H,7-8,12-13,16,21-22H2,1-6H3. The van der Waals surface area contributed by atoms with Gasteiger partial charge < -0.3 is 18.9 Å². The summed E-state index contributed by atoms with van der Waals surface area (Å²) in [6.07, 6.45) is 2.70. The molecule has 8 nitrogen and oxygen atoms in total. The first-order valence-corrected chi connectivity index (χ1v) is 14.9. The van der Waals surface area contributed by atoms with Crippen molar-refractivity contribution in [2.24, 2.45) is 17.8 Å². The van der Waals surface area contributed by atoms with Gasteiger partial charge in [-0.1, -0.05) is 69.2 Å². The van der Waals surface area contributed by atoms with Gasteiger partial charge in [0.2, 0.25) is 0 Å². The first kappa shape index (κ1) is 34.5. The number of unbranched alkanes of at least 4 members (excludes halogenated alkanes) is 3. The molecule has 2 aromatic rings. The van der Waals surface area contributed by atoms with Crippen molar-refractivity contribution in [1.29, 1.82) is 0 Å². The zero-order valence-electron chi connectivity index (χ0n) is 25.8. The summed E-state index contributed by atoms with van der Waals surface area (Å²) in [6.45, 7) is 10.5. The summed E-state index contributed by atoms with van der Waals surface area (Å²) in [4.78, 5) is 50.0. The molecule has 0 amide bonds. The molecule has 0 aromatic heterocycles. The van der Waals surface area contributed by atoms with Gasteiger partial charge in [-0.15, -0.1) is 0 Å². The van der Waals surface area contributed by atoms with Crippen molar-refractivity contribution in [3.05, 3.63) is 54.6 Å². The van der Waals surface area contributed by atoms with Gasteiger partial charge >= 0.3 is 23.9 Å². The maximum Gasteiger partial charge on any atom is 0.311 e. The van der Waals surface area contributed by atoms with Gasteiger partial charge in [0, 0.05) is 6.42 Å². The van der Waals surface area contributed by atoms with Crippen LogP contribution in [0.4, 0.5) is 0 Å². The Balaban J connectivity index is 1.68. The summed E-state index contributed by atoms with van der Waals surface area (Å²) in [5.41, 5.74) is 2.16. The molecule has 0 bridgehead atoms. The zero-order chi connectivity index (χ0) is 31.1. The number of hydrogen-bond acceptors (Lipinski definition) is 8. The Morgan fingerprint density at radius 3 is 1.83 bits per heavy atom. The van der Waals surface area contributed by atoms with Crippen LogP contribution in [0.1, 0.15) is 80.1 Å². The van der Waals surface area contributed by atoms with E-state index < -0.39 is 35.7 Å². The highest BCUT2D eigenvalue weighted by atomic mass is 16.6. The number of carbonyl (C=O) groups excluding carboxylic acids is 4. The highest BCUT2D eigenvalue weighted by Gasteiger charge is 2.36. The van der Waals surface area contributed by atoms with Crippen molar-refractivity contribution < 1.29 is 38.1 Å². The van der Waals surface area contributed by atoms with E-state index in [1.807, 2.05) is 42.5 Å². The molecule has 2 rings (SSSR count). The van der Waals surface area contributed by atoms with Gasteiger partial charge in [0.15, 0.2) is 0 Å². The van der Waals surface area contributed by atoms with Crippen LogP contribution >= 0.6 is 0 Å². The lowest BCUT2D eigenvalue weighted by atomic mass is 9.85. The summed E-state index contributed by atoms with van der Waals surface area (Å²) in [5.74, 6) is -3.38. The van der Waals surface area contributed by atoms with E-state index >= 15 is 0 Å². The highest BCUT2D eigenvalue weighted by Crippen LogP contribution is 2.26. The fourth-order valence-electron chi connectivity index (χ4n) is 4.37. The lowest BCUT2D eigenvalue weighted by Crippen LogP contribution is -2.35. The molecular weight excluding hydrogens is 536 g/mol. The van der Waals surface area contributed by atoms with Gasteiger partial charge in [-0.05, 0) is 70.2 Å². The predicted octanol–water partition coefficient (Wildman–Crippen LogP) is 6.93. The third-order valence-electron chi connectivity index (χ3n) is 6.70. The monoisotopic (exact) mass is 582 g/mol. The van der Waals surface area contributed by atoms with Crippen LogP contribution in [-0.2, 0) is 33.4 Å². The zero-order valence-corrected chi connectivity index (χ0v) is 25.8. The van der Waals surface area contributed by atoms with E-state index in [9.17, 15) is 19.2 Å². The van der Waals surface area contributed by atoms with Gasteiger partial charge in [0.05, 0.1) is 36.6 Å². The number of esters is 4. The van der Waals surface area contributed by atoms with E-state index in [1.165, 1.54) is 0 Å². The Hall–Kier alpha value is -3.68. The Kier molecular flexibility index (Phi) is 14.8. The molecule has 0 N–H and O–H groups in total. The molecular formula is C34H46O8. The topological polar surface area (TPSA) is 105 Å². The summed E-state index contributed by atoms with van der Waals surface area (Å²) in [6, 6.07) is 17.4. The quantitative estimate of drug-likeness (QED) is 0.0855. The van der Waals surface area contributed by atoms with Crippen molar-refractivity contribution in [3.63, 3.8) is 0 Å². The Morgan fingerprint density at radius 1 is 0.643 bits per heavy atom. The minimum Gasteiger partial charge on any atom is -0.465 e. The van der Waals surface area contributed by atoms with E-state index in [0.717, 1.165) is 24.0 Å². The van der Waals surface area contributed by atoms with Crippen molar-refractivity contribution in [2.75, 3.05) is 6.61 Å². The van der Waals surface area contributed by atoms with Crippen molar-refractivity contribution in [3.8, 4) is 16.9 Å². The average Bonchev–Trinajstić information content (AvgIpc) is 2.94. The third-order valence-corrected chi connectivity index (χ3v) is 6.70. The lowest BCUT2D eigenvalue weighted by molar-refractivity contribution is -0.166. The Bertz CT molecular complexity index is 1120. The second-order valence-corrected chi connectivity index (χ2v) is 11.2. The Morgan fingerprint density at radius 2 is 1.21 bits per heavy atom. The minimum atomic E-state index is -0.817. The van der Waals surface area contributed by atoms with Crippen LogP contribution in [0.2, 0.25) is 0 Å². The van der Waals surface area contributed by atoms with E-state index in [2.05, 4.69) is 0 Å². The fourth-order valence-corrected chi connectivity index (χ4v) is 4.37. The molecule has 2 aromatic carbocycles. The maximum atomic E-state index is 12.7. The lowest BCUT2D eigenvalue weighted by Gasteiger charge is -2.25. The molecule has 0 aliphatic heterocycles. The first-order valence-electron chi connectivity index (χ1n) is 14.9. The van der Waals surface area contributed by atoms with E-state index in [4.69, 9.17) is 18.9 Å². The van der Waals surface area contributed by atoms with Gasteiger partial charge in [0.1, 0.15) is 5.75 Å². The van der Waals surface area contributed by atoms with E-state index in [-0.39, 0.29) is 31.2 Å². The number of rotatable bonds is 17. The van der Waals surface area contributed by atoms with Gasteiger partial charge in [-0.3, -0.25) is 19.2 Å². The molecule has 0 spiro atoms. The molecule has 3 atom stereocenters. The molecule has 0 fully saturated rings. The summed E-state index contributed by atoms with van der Waals surface area (Å²) in [7, 11) is 0. The summed E-state index contributed by atoms with van der Waals surface area (Å²) in [5, 5.41) is 0. The van der Waals surface area contributed by atoms with Crippen LogP contribution in [0.25, 0.3) is 11.1 Å². The second kappa shape index (κ2) is 18.0. The van der Waals surface area contributed by atoms with Crippen LogP contribution in [0.15, 0.2) is 54.6 Å². The van der Waals surface area contributed by atoms with Crippen LogP contribution < -0.4 is 4.74 Å². The number of benzene rings is 2. The molecule has 3 unspecified atom stereocenters. The minimum absolute atomic E-state index is 0.121. The summed E-state index contributed by atoms with van der Waals surface area (Å²) >= 11 is 0. The predicted molar refractivity (Wildman–Crippen MR) is 160 cm³/mol. The Labute approximate surface area is 250 Å². The molecule has 0 aliphatic rings. The largest absolute Gasteiger partial charge is 0.465 e. The fraction of sp³-hybridized carbons (Fsp3) is 0.529. The third kappa shape index (κ3) is 12.5. The van der Waals surface area contributed by atoms with Crippen molar-refractivity contribution in [2.45, 2.75) is 92.3 Å². The van der Waals surface area contributed by atoms with E-state index in [1.54, 1.807) is 53.7 Å². The van der Waals surface area contributed by atoms with Gasteiger partial charge in [-0.25, -0.2) is 0 Å². The summed E-state index contributed by atoms with van der Waals surface area (Å²) < 4.78 is 21.5. The van der Waals surface area contributed by atoms with Crippen molar-refractivity contribution in [1.82, 2.24) is 0 Å². The number of carbonyl (C=O) groups is 4. The van der Waals surface area contributed by atoms with Crippen LogP contribution in [0.5, 0.6) is 5.75 Å². The normalized spacial score (nSPS) is 13.2. The molecule has 230 valence electrons. The molecule has 8 heteroatoms. The molecule has 0 aliphatic carbocycles. The van der Waals surface area contributed by atoms with Gasteiger partial charge in [-0.2, -0.15) is 0 Å². The number of ether oxygens (including phenoxy) is 4. The maximum absolute atomic E-state index is 12.7. The van der Waals surface area contributed by atoms with Gasteiger partial charge in [0.25, 0.3) is 0 Å². The molecule has 0 radical (unpaired) electrons. The van der Waals surface area contributed by atoms with Crippen LogP contribution in [0, 0.1) is 17.8 Å².